The number of carbonyl (C=O) groups is 1. The van der Waals surface area contributed by atoms with Crippen LogP contribution in [-0.2, 0) is 11.3 Å². The molecule has 8 heteroatoms. The Hall–Kier alpha value is -1.99. The molecular formula is C16H21ClN6O. The third-order valence-corrected chi connectivity index (χ3v) is 4.54. The number of aromatic nitrogens is 4. The predicted octanol–water partition coefficient (Wildman–Crippen LogP) is 1.67. The number of hydrogen-bond acceptors (Lipinski definition) is 5. The summed E-state index contributed by atoms with van der Waals surface area (Å²) in [5.41, 5.74) is 1.18. The van der Waals surface area contributed by atoms with Crippen molar-refractivity contribution in [2.45, 2.75) is 31.8 Å². The van der Waals surface area contributed by atoms with Crippen LogP contribution in [0.15, 0.2) is 30.6 Å². The van der Waals surface area contributed by atoms with Crippen LogP contribution in [0.2, 0.25) is 5.02 Å². The van der Waals surface area contributed by atoms with E-state index in [1.165, 1.54) is 24.7 Å². The van der Waals surface area contributed by atoms with E-state index in [4.69, 9.17) is 11.6 Å². The van der Waals surface area contributed by atoms with E-state index >= 15 is 0 Å². The molecule has 2 heterocycles. The number of halogens is 1. The van der Waals surface area contributed by atoms with Crippen LogP contribution in [0.25, 0.3) is 0 Å². The van der Waals surface area contributed by atoms with Crippen molar-refractivity contribution >= 4 is 17.5 Å². The monoisotopic (exact) mass is 348 g/mol. The number of benzene rings is 1. The van der Waals surface area contributed by atoms with Crippen molar-refractivity contribution in [2.75, 3.05) is 19.6 Å². The average Bonchev–Trinajstić information content (AvgIpc) is 3.28. The lowest BCUT2D eigenvalue weighted by molar-refractivity contribution is -0.121. The highest BCUT2D eigenvalue weighted by atomic mass is 35.5. The van der Waals surface area contributed by atoms with Gasteiger partial charge in [0.15, 0.2) is 0 Å². The summed E-state index contributed by atoms with van der Waals surface area (Å²) in [5.74, 6) is 0.00339. The number of likely N-dealkylation sites (tertiary alicyclic amines) is 1. The molecule has 0 unspecified atom stereocenters. The van der Waals surface area contributed by atoms with E-state index in [1.54, 1.807) is 4.68 Å². The normalized spacial score (nSPS) is 16.2. The van der Waals surface area contributed by atoms with Gasteiger partial charge in [-0.2, -0.15) is 0 Å². The maximum Gasteiger partial charge on any atom is 0.221 e. The highest BCUT2D eigenvalue weighted by Crippen LogP contribution is 2.25. The summed E-state index contributed by atoms with van der Waals surface area (Å²) < 4.78 is 1.55. The highest BCUT2D eigenvalue weighted by molar-refractivity contribution is 6.30. The zero-order valence-electron chi connectivity index (χ0n) is 13.4. The lowest BCUT2D eigenvalue weighted by Crippen LogP contribution is -2.37. The van der Waals surface area contributed by atoms with Gasteiger partial charge in [0.05, 0.1) is 12.6 Å². The lowest BCUT2D eigenvalue weighted by Gasteiger charge is -2.28. The molecule has 1 aromatic carbocycles. The fourth-order valence-corrected chi connectivity index (χ4v) is 3.12. The fraction of sp³-hybridized carbons (Fsp3) is 0.500. The number of hydrogen-bond donors (Lipinski definition) is 1. The van der Waals surface area contributed by atoms with Crippen LogP contribution >= 0.6 is 11.6 Å². The summed E-state index contributed by atoms with van der Waals surface area (Å²) >= 11 is 5.99. The standard InChI is InChI=1S/C16H21ClN6O/c17-14-5-3-13(4-6-14)15(22-8-1-2-9-22)11-18-16(24)7-10-23-12-19-20-21-23/h3-6,12,15H,1-2,7-11H2,(H,18,24)/t15-/m1/s1. The number of aryl methyl sites for hydroxylation is 1. The first-order chi connectivity index (χ1) is 11.7. The first kappa shape index (κ1) is 16.9. The molecule has 0 saturated carbocycles. The van der Waals surface area contributed by atoms with Gasteiger partial charge in [0.25, 0.3) is 0 Å². The average molecular weight is 349 g/mol. The minimum Gasteiger partial charge on any atom is -0.354 e. The van der Waals surface area contributed by atoms with Crippen molar-refractivity contribution in [2.24, 2.45) is 0 Å². The summed E-state index contributed by atoms with van der Waals surface area (Å²) in [5, 5.41) is 14.6. The second-order valence-electron chi connectivity index (χ2n) is 5.94. The van der Waals surface area contributed by atoms with Crippen LogP contribution < -0.4 is 5.32 Å². The van der Waals surface area contributed by atoms with Crippen LogP contribution in [-0.4, -0.2) is 50.6 Å². The van der Waals surface area contributed by atoms with E-state index in [9.17, 15) is 4.79 Å². The quantitative estimate of drug-likeness (QED) is 0.823. The van der Waals surface area contributed by atoms with Crippen LogP contribution in [0.5, 0.6) is 0 Å². The van der Waals surface area contributed by atoms with E-state index in [2.05, 4.69) is 25.7 Å². The second kappa shape index (κ2) is 8.21. The molecule has 1 aliphatic rings. The van der Waals surface area contributed by atoms with Crippen molar-refractivity contribution in [3.05, 3.63) is 41.2 Å². The molecule has 1 atom stereocenters. The molecule has 3 rings (SSSR count). The van der Waals surface area contributed by atoms with Gasteiger partial charge < -0.3 is 5.32 Å². The molecule has 7 nitrogen and oxygen atoms in total. The Balaban J connectivity index is 1.57. The topological polar surface area (TPSA) is 75.9 Å². The fourth-order valence-electron chi connectivity index (χ4n) is 2.99. The smallest absolute Gasteiger partial charge is 0.221 e. The van der Waals surface area contributed by atoms with Crippen molar-refractivity contribution in [3.63, 3.8) is 0 Å². The first-order valence-electron chi connectivity index (χ1n) is 8.19. The van der Waals surface area contributed by atoms with Gasteiger partial charge in [-0.05, 0) is 54.1 Å². The molecule has 1 amide bonds. The number of nitrogens with one attached hydrogen (secondary N) is 1. The number of carbonyl (C=O) groups excluding carboxylic acids is 1. The van der Waals surface area contributed by atoms with Crippen molar-refractivity contribution < 1.29 is 4.79 Å². The molecule has 0 radical (unpaired) electrons. The summed E-state index contributed by atoms with van der Waals surface area (Å²) in [7, 11) is 0. The van der Waals surface area contributed by atoms with Crippen molar-refractivity contribution in [1.82, 2.24) is 30.4 Å². The zero-order valence-corrected chi connectivity index (χ0v) is 14.2. The maximum absolute atomic E-state index is 12.1. The lowest BCUT2D eigenvalue weighted by atomic mass is 10.1. The Labute approximate surface area is 146 Å². The Morgan fingerprint density at radius 2 is 2.00 bits per heavy atom. The predicted molar refractivity (Wildman–Crippen MR) is 90.4 cm³/mol. The molecular weight excluding hydrogens is 328 g/mol. The van der Waals surface area contributed by atoms with E-state index in [0.29, 0.717) is 19.5 Å². The third kappa shape index (κ3) is 4.52. The van der Waals surface area contributed by atoms with Crippen molar-refractivity contribution in [3.8, 4) is 0 Å². The number of nitrogens with zero attached hydrogens (tertiary/aromatic N) is 5. The molecule has 1 aliphatic heterocycles. The molecule has 24 heavy (non-hydrogen) atoms. The SMILES string of the molecule is O=C(CCn1cnnn1)NC[C@H](c1ccc(Cl)cc1)N1CCCC1. The van der Waals surface area contributed by atoms with Gasteiger partial charge in [-0.25, -0.2) is 4.68 Å². The Bertz CT molecular complexity index is 639. The number of rotatable bonds is 7. The molecule has 128 valence electrons. The van der Waals surface area contributed by atoms with Gasteiger partial charge >= 0.3 is 0 Å². The minimum atomic E-state index is 0.00339. The van der Waals surface area contributed by atoms with Crippen LogP contribution in [0.1, 0.15) is 30.9 Å². The summed E-state index contributed by atoms with van der Waals surface area (Å²) in [6.07, 6.45) is 4.28. The zero-order chi connectivity index (χ0) is 16.8. The molecule has 1 fully saturated rings. The molecule has 1 saturated heterocycles. The number of amides is 1. The first-order valence-corrected chi connectivity index (χ1v) is 8.57. The highest BCUT2D eigenvalue weighted by Gasteiger charge is 2.23. The summed E-state index contributed by atoms with van der Waals surface area (Å²) in [6, 6.07) is 8.07. The Kier molecular flexibility index (Phi) is 5.77. The maximum atomic E-state index is 12.1. The Morgan fingerprint density at radius 3 is 2.67 bits per heavy atom. The van der Waals surface area contributed by atoms with Gasteiger partial charge in [-0.3, -0.25) is 9.69 Å². The largest absolute Gasteiger partial charge is 0.354 e. The van der Waals surface area contributed by atoms with Crippen LogP contribution in [0.3, 0.4) is 0 Å². The van der Waals surface area contributed by atoms with Crippen molar-refractivity contribution in [1.29, 1.82) is 0 Å². The molecule has 0 spiro atoms. The Morgan fingerprint density at radius 1 is 1.25 bits per heavy atom. The second-order valence-corrected chi connectivity index (χ2v) is 6.37. The minimum absolute atomic E-state index is 0.00339. The van der Waals surface area contributed by atoms with Gasteiger partial charge in [-0.15, -0.1) is 5.10 Å². The molecule has 0 aliphatic carbocycles. The molecule has 1 aromatic heterocycles. The third-order valence-electron chi connectivity index (χ3n) is 4.29. The summed E-state index contributed by atoms with van der Waals surface area (Å²) in [4.78, 5) is 14.5. The van der Waals surface area contributed by atoms with Gasteiger partial charge in [0, 0.05) is 18.0 Å². The van der Waals surface area contributed by atoms with Crippen LogP contribution in [0.4, 0.5) is 0 Å². The van der Waals surface area contributed by atoms with Gasteiger partial charge in [0.2, 0.25) is 5.91 Å². The van der Waals surface area contributed by atoms with E-state index in [-0.39, 0.29) is 11.9 Å². The van der Waals surface area contributed by atoms with E-state index < -0.39 is 0 Å². The van der Waals surface area contributed by atoms with Crippen LogP contribution in [0, 0.1) is 0 Å². The summed E-state index contributed by atoms with van der Waals surface area (Å²) in [6.45, 7) is 3.20. The van der Waals surface area contributed by atoms with Gasteiger partial charge in [0.1, 0.15) is 6.33 Å². The van der Waals surface area contributed by atoms with E-state index in [0.717, 1.165) is 18.1 Å². The van der Waals surface area contributed by atoms with Gasteiger partial charge in [-0.1, -0.05) is 23.7 Å². The molecule has 0 bridgehead atoms. The molecule has 1 N–H and O–H groups in total. The number of tetrazole rings is 1. The van der Waals surface area contributed by atoms with E-state index in [1.807, 2.05) is 24.3 Å². The molecule has 2 aromatic rings.